The van der Waals surface area contributed by atoms with Crippen LogP contribution in [0.1, 0.15) is 90.9 Å². The second kappa shape index (κ2) is 9.07. The van der Waals surface area contributed by atoms with E-state index >= 15 is 0 Å². The highest BCUT2D eigenvalue weighted by Gasteiger charge is 2.33. The molecule has 1 nitrogen and oxygen atoms in total. The lowest BCUT2D eigenvalue weighted by atomic mass is 9.73. The quantitative estimate of drug-likeness (QED) is 0.615. The summed E-state index contributed by atoms with van der Waals surface area (Å²) in [5, 5.41) is 3.94. The Morgan fingerprint density at radius 3 is 2.10 bits per heavy atom. The highest BCUT2D eigenvalue weighted by atomic mass is 14.9. The highest BCUT2D eigenvalue weighted by Crippen LogP contribution is 2.39. The molecule has 0 aromatic carbocycles. The van der Waals surface area contributed by atoms with Gasteiger partial charge in [-0.2, -0.15) is 0 Å². The minimum absolute atomic E-state index is 0.851. The largest absolute Gasteiger partial charge is 0.313 e. The van der Waals surface area contributed by atoms with Gasteiger partial charge in [-0.05, 0) is 56.4 Å². The van der Waals surface area contributed by atoms with E-state index in [1.165, 1.54) is 83.6 Å². The second-order valence-electron chi connectivity index (χ2n) is 7.45. The standard InChI is InChI=1S/C19H37N/c1-3-5-8-16-11-13-18(14-12-16)19(20-15-4-2)17-9-6-7-10-17/h16-20H,3-15H2,1-2H3. The fourth-order valence-electron chi connectivity index (χ4n) is 4.67. The summed E-state index contributed by atoms with van der Waals surface area (Å²) in [5.74, 6) is 3.04. The third kappa shape index (κ3) is 4.76. The molecule has 1 unspecified atom stereocenters. The van der Waals surface area contributed by atoms with Gasteiger partial charge in [0.15, 0.2) is 0 Å². The van der Waals surface area contributed by atoms with E-state index in [1.807, 2.05) is 0 Å². The first-order valence-corrected chi connectivity index (χ1v) is 9.58. The van der Waals surface area contributed by atoms with Crippen molar-refractivity contribution in [3.8, 4) is 0 Å². The Hall–Kier alpha value is -0.0400. The SMILES string of the molecule is CCCCC1CCC(C(NCCC)C2CCCC2)CC1. The van der Waals surface area contributed by atoms with Crippen molar-refractivity contribution in [1.29, 1.82) is 0 Å². The fraction of sp³-hybridized carbons (Fsp3) is 1.00. The van der Waals surface area contributed by atoms with Crippen LogP contribution in [0.15, 0.2) is 0 Å². The minimum atomic E-state index is 0.851. The summed E-state index contributed by atoms with van der Waals surface area (Å²) < 4.78 is 0. The second-order valence-corrected chi connectivity index (χ2v) is 7.45. The lowest BCUT2D eigenvalue weighted by Gasteiger charge is -2.37. The van der Waals surface area contributed by atoms with Gasteiger partial charge in [0.1, 0.15) is 0 Å². The number of hydrogen-bond donors (Lipinski definition) is 1. The molecule has 0 radical (unpaired) electrons. The van der Waals surface area contributed by atoms with Crippen LogP contribution in [-0.4, -0.2) is 12.6 Å². The average Bonchev–Trinajstić information content (AvgIpc) is 3.01. The van der Waals surface area contributed by atoms with Crippen LogP contribution >= 0.6 is 0 Å². The molecule has 2 aliphatic carbocycles. The topological polar surface area (TPSA) is 12.0 Å². The molecule has 0 spiro atoms. The molecule has 20 heavy (non-hydrogen) atoms. The van der Waals surface area contributed by atoms with Gasteiger partial charge in [0.2, 0.25) is 0 Å². The average molecular weight is 280 g/mol. The molecule has 2 fully saturated rings. The normalized spacial score (nSPS) is 29.7. The van der Waals surface area contributed by atoms with E-state index in [9.17, 15) is 0 Å². The first kappa shape index (κ1) is 16.3. The van der Waals surface area contributed by atoms with E-state index in [-0.39, 0.29) is 0 Å². The van der Waals surface area contributed by atoms with E-state index in [0.717, 1.165) is 23.8 Å². The summed E-state index contributed by atoms with van der Waals surface area (Å²) in [5.41, 5.74) is 0. The zero-order chi connectivity index (χ0) is 14.2. The molecule has 1 heteroatoms. The molecule has 0 amide bonds. The third-order valence-electron chi connectivity index (χ3n) is 5.90. The van der Waals surface area contributed by atoms with Crippen molar-refractivity contribution < 1.29 is 0 Å². The van der Waals surface area contributed by atoms with Crippen LogP contribution in [0.3, 0.4) is 0 Å². The van der Waals surface area contributed by atoms with Crippen LogP contribution in [-0.2, 0) is 0 Å². The Morgan fingerprint density at radius 1 is 0.850 bits per heavy atom. The molecule has 0 bridgehead atoms. The number of hydrogen-bond acceptors (Lipinski definition) is 1. The Bertz CT molecular complexity index is 236. The Kier molecular flexibility index (Phi) is 7.41. The Morgan fingerprint density at radius 2 is 1.50 bits per heavy atom. The van der Waals surface area contributed by atoms with Crippen molar-refractivity contribution in [3.63, 3.8) is 0 Å². The molecule has 1 N–H and O–H groups in total. The van der Waals surface area contributed by atoms with Gasteiger partial charge in [-0.25, -0.2) is 0 Å². The molecule has 0 aromatic heterocycles. The molecular formula is C19H37N. The van der Waals surface area contributed by atoms with Gasteiger partial charge in [0.05, 0.1) is 0 Å². The Labute approximate surface area is 127 Å². The van der Waals surface area contributed by atoms with Gasteiger partial charge in [0.25, 0.3) is 0 Å². The molecule has 2 aliphatic rings. The van der Waals surface area contributed by atoms with E-state index in [2.05, 4.69) is 19.2 Å². The molecule has 2 rings (SSSR count). The molecule has 0 aromatic rings. The highest BCUT2D eigenvalue weighted by molar-refractivity contribution is 4.88. The maximum atomic E-state index is 3.94. The summed E-state index contributed by atoms with van der Waals surface area (Å²) >= 11 is 0. The maximum absolute atomic E-state index is 3.94. The van der Waals surface area contributed by atoms with Crippen molar-refractivity contribution in [3.05, 3.63) is 0 Å². The lowest BCUT2D eigenvalue weighted by molar-refractivity contribution is 0.173. The van der Waals surface area contributed by atoms with Crippen LogP contribution in [0.2, 0.25) is 0 Å². The fourth-order valence-corrected chi connectivity index (χ4v) is 4.67. The van der Waals surface area contributed by atoms with Gasteiger partial charge < -0.3 is 5.32 Å². The Balaban J connectivity index is 1.80. The molecule has 2 saturated carbocycles. The zero-order valence-electron chi connectivity index (χ0n) is 14.0. The number of rotatable bonds is 8. The van der Waals surface area contributed by atoms with Crippen molar-refractivity contribution in [2.45, 2.75) is 96.9 Å². The summed E-state index contributed by atoms with van der Waals surface area (Å²) in [6.07, 6.45) is 17.6. The third-order valence-corrected chi connectivity index (χ3v) is 5.90. The monoisotopic (exact) mass is 279 g/mol. The smallest absolute Gasteiger partial charge is 0.0124 e. The number of unbranched alkanes of at least 4 members (excludes halogenated alkanes) is 1. The lowest BCUT2D eigenvalue weighted by Crippen LogP contribution is -2.43. The molecule has 0 saturated heterocycles. The van der Waals surface area contributed by atoms with Crippen LogP contribution in [0, 0.1) is 17.8 Å². The van der Waals surface area contributed by atoms with Crippen LogP contribution < -0.4 is 5.32 Å². The van der Waals surface area contributed by atoms with Gasteiger partial charge in [0, 0.05) is 6.04 Å². The molecule has 118 valence electrons. The van der Waals surface area contributed by atoms with Crippen molar-refractivity contribution >= 4 is 0 Å². The van der Waals surface area contributed by atoms with Gasteiger partial charge in [-0.1, -0.05) is 58.8 Å². The van der Waals surface area contributed by atoms with Crippen molar-refractivity contribution in [2.24, 2.45) is 17.8 Å². The maximum Gasteiger partial charge on any atom is 0.0124 e. The number of nitrogens with one attached hydrogen (secondary N) is 1. The summed E-state index contributed by atoms with van der Waals surface area (Å²) in [4.78, 5) is 0. The molecule has 0 heterocycles. The predicted molar refractivity (Wildman–Crippen MR) is 89.0 cm³/mol. The molecular weight excluding hydrogens is 242 g/mol. The molecule has 1 atom stereocenters. The summed E-state index contributed by atoms with van der Waals surface area (Å²) in [7, 11) is 0. The van der Waals surface area contributed by atoms with E-state index in [0.29, 0.717) is 0 Å². The van der Waals surface area contributed by atoms with Gasteiger partial charge in [-0.3, -0.25) is 0 Å². The zero-order valence-corrected chi connectivity index (χ0v) is 14.0. The molecule has 0 aliphatic heterocycles. The van der Waals surface area contributed by atoms with E-state index in [1.54, 1.807) is 0 Å². The van der Waals surface area contributed by atoms with Crippen LogP contribution in [0.25, 0.3) is 0 Å². The van der Waals surface area contributed by atoms with Crippen LogP contribution in [0.4, 0.5) is 0 Å². The first-order valence-electron chi connectivity index (χ1n) is 9.58. The predicted octanol–water partition coefficient (Wildman–Crippen LogP) is 5.54. The van der Waals surface area contributed by atoms with Gasteiger partial charge >= 0.3 is 0 Å². The van der Waals surface area contributed by atoms with E-state index < -0.39 is 0 Å². The van der Waals surface area contributed by atoms with Crippen molar-refractivity contribution in [2.75, 3.05) is 6.54 Å². The van der Waals surface area contributed by atoms with Crippen LogP contribution in [0.5, 0.6) is 0 Å². The summed E-state index contributed by atoms with van der Waals surface area (Å²) in [6.45, 7) is 5.87. The first-order chi connectivity index (χ1) is 9.85. The van der Waals surface area contributed by atoms with E-state index in [4.69, 9.17) is 0 Å². The minimum Gasteiger partial charge on any atom is -0.313 e. The van der Waals surface area contributed by atoms with Crippen molar-refractivity contribution in [1.82, 2.24) is 5.32 Å². The summed E-state index contributed by atoms with van der Waals surface area (Å²) in [6, 6.07) is 0.851. The van der Waals surface area contributed by atoms with Gasteiger partial charge in [-0.15, -0.1) is 0 Å².